The molecule has 3 saturated carbocycles. The fourth-order valence-electron chi connectivity index (χ4n) is 8.51. The van der Waals surface area contributed by atoms with Crippen molar-refractivity contribution in [2.45, 2.75) is 117 Å². The van der Waals surface area contributed by atoms with Crippen molar-refractivity contribution in [2.75, 3.05) is 0 Å². The number of aliphatic imine (C=N–C) groups is 1. The summed E-state index contributed by atoms with van der Waals surface area (Å²) < 4.78 is 6.80. The van der Waals surface area contributed by atoms with Crippen LogP contribution in [0.25, 0.3) is 17.3 Å². The Morgan fingerprint density at radius 3 is 2.45 bits per heavy atom. The molecule has 1 aliphatic heterocycles. The Morgan fingerprint density at radius 1 is 0.878 bits per heavy atom. The van der Waals surface area contributed by atoms with Gasteiger partial charge in [-0.05, 0) is 129 Å². The monoisotopic (exact) mass is 657 g/mol. The molecule has 0 bridgehead atoms. The first kappa shape index (κ1) is 33.9. The van der Waals surface area contributed by atoms with E-state index in [0.29, 0.717) is 41.8 Å². The maximum absolute atomic E-state index is 13.4. The van der Waals surface area contributed by atoms with Crippen molar-refractivity contribution in [3.05, 3.63) is 71.4 Å². The Hall–Kier alpha value is -3.60. The van der Waals surface area contributed by atoms with Crippen LogP contribution >= 0.6 is 0 Å². The lowest BCUT2D eigenvalue weighted by atomic mass is 9.83. The van der Waals surface area contributed by atoms with Crippen LogP contribution in [0.4, 0.5) is 5.69 Å². The predicted octanol–water partition coefficient (Wildman–Crippen LogP) is 11.7. The number of hydrogen-bond donors (Lipinski definition) is 0. The van der Waals surface area contributed by atoms with E-state index < -0.39 is 0 Å². The summed E-state index contributed by atoms with van der Waals surface area (Å²) in [6, 6.07) is 16.9. The van der Waals surface area contributed by atoms with E-state index in [0.717, 1.165) is 78.6 Å². The molecule has 3 aliphatic carbocycles. The van der Waals surface area contributed by atoms with Gasteiger partial charge >= 0.3 is 0 Å². The summed E-state index contributed by atoms with van der Waals surface area (Å²) in [5.41, 5.74) is 7.50. The number of nitrogens with zero attached hydrogens (tertiary/aromatic N) is 3. The highest BCUT2D eigenvalue weighted by Gasteiger charge is 2.38. The molecule has 7 rings (SSSR count). The normalized spacial score (nSPS) is 26.3. The molecule has 0 radical (unpaired) electrons. The zero-order valence-corrected chi connectivity index (χ0v) is 30.2. The molecule has 0 N–H and O–H groups in total. The summed E-state index contributed by atoms with van der Waals surface area (Å²) in [6.07, 6.45) is 19.1. The summed E-state index contributed by atoms with van der Waals surface area (Å²) in [6.45, 7) is 9.13. The molecule has 2 heterocycles. The van der Waals surface area contributed by atoms with Gasteiger partial charge in [0.1, 0.15) is 17.3 Å². The number of benzene rings is 2. The van der Waals surface area contributed by atoms with E-state index >= 15 is 0 Å². The summed E-state index contributed by atoms with van der Waals surface area (Å²) in [5.74, 6) is 5.87. The number of Topliss-reactive ketones (excluding diaryl/α,β-unsaturated/α-hetero) is 1. The van der Waals surface area contributed by atoms with Gasteiger partial charge in [-0.15, -0.1) is 0 Å². The Bertz CT molecular complexity index is 1670. The number of ketones is 1. The van der Waals surface area contributed by atoms with E-state index in [2.05, 4.69) is 86.4 Å². The summed E-state index contributed by atoms with van der Waals surface area (Å²) in [4.78, 5) is 18.8. The number of carbonyl (C=O) groups excluding carboxylic acids is 1. The van der Waals surface area contributed by atoms with Gasteiger partial charge in [0.25, 0.3) is 0 Å². The minimum Gasteiger partial charge on any atom is -0.457 e. The van der Waals surface area contributed by atoms with Crippen LogP contribution in [0.3, 0.4) is 0 Å². The summed E-state index contributed by atoms with van der Waals surface area (Å²) in [5, 5.41) is 8.92. The van der Waals surface area contributed by atoms with Crippen LogP contribution in [0.5, 0.6) is 11.5 Å². The van der Waals surface area contributed by atoms with Crippen LogP contribution in [-0.4, -0.2) is 21.7 Å². The van der Waals surface area contributed by atoms with E-state index in [1.807, 2.05) is 12.1 Å². The largest absolute Gasteiger partial charge is 0.457 e. The van der Waals surface area contributed by atoms with Crippen molar-refractivity contribution in [1.82, 2.24) is 10.2 Å². The third-order valence-corrected chi connectivity index (χ3v) is 12.0. The quantitative estimate of drug-likeness (QED) is 0.226. The van der Waals surface area contributed by atoms with Gasteiger partial charge in [0.2, 0.25) is 0 Å². The van der Waals surface area contributed by atoms with E-state index in [4.69, 9.17) is 9.73 Å². The Morgan fingerprint density at radius 2 is 1.69 bits per heavy atom. The molecule has 0 saturated heterocycles. The van der Waals surface area contributed by atoms with Gasteiger partial charge in [-0.25, -0.2) is 0 Å². The first-order valence-electron chi connectivity index (χ1n) is 19.4. The van der Waals surface area contributed by atoms with Gasteiger partial charge in [-0.3, -0.25) is 9.79 Å². The standard InChI is InChI=1S/C44H55N3O2/c1-28(2)39-22-23-41(47-46-39)32-18-20-37(21-19-32)49-44-27-42-34(25-36(44)24-33-15-13-29(3)12-14-30(33)4)8-5-6-11-40(45-42)35-9-7-10-38(31-16-17-31)43(48)26-35/h5,8,18-23,25,27-31,33,35,38H,6-7,9-17,24,26H2,1-4H3. The average molecular weight is 658 g/mol. The molecule has 0 spiro atoms. The Labute approximate surface area is 294 Å². The highest BCUT2D eigenvalue weighted by Crippen LogP contribution is 2.44. The van der Waals surface area contributed by atoms with E-state index in [-0.39, 0.29) is 5.92 Å². The number of allylic oxidation sites excluding steroid dienone is 1. The van der Waals surface area contributed by atoms with E-state index in [1.165, 1.54) is 55.4 Å². The predicted molar refractivity (Wildman–Crippen MR) is 201 cm³/mol. The van der Waals surface area contributed by atoms with Crippen molar-refractivity contribution >= 4 is 23.3 Å². The van der Waals surface area contributed by atoms with Gasteiger partial charge in [0.15, 0.2) is 0 Å². The zero-order valence-electron chi connectivity index (χ0n) is 30.2. The van der Waals surface area contributed by atoms with Crippen LogP contribution in [0.2, 0.25) is 0 Å². The van der Waals surface area contributed by atoms with Crippen LogP contribution < -0.4 is 4.74 Å². The lowest BCUT2D eigenvalue weighted by Crippen LogP contribution is -2.21. The Balaban J connectivity index is 1.20. The number of hydrogen-bond acceptors (Lipinski definition) is 5. The number of carbonyl (C=O) groups is 1. The maximum Gasteiger partial charge on any atom is 0.136 e. The van der Waals surface area contributed by atoms with Gasteiger partial charge in [-0.1, -0.05) is 65.5 Å². The SMILES string of the molecule is CC1CCC(C)C(Cc2cc3c(cc2Oc2ccc(-c4ccc(C(C)C)nn4)cc2)N=C(C2CCCC(C4CC4)C(=O)C2)CCC=C3)CC1. The molecular weight excluding hydrogens is 603 g/mol. The topological polar surface area (TPSA) is 64.4 Å². The van der Waals surface area contributed by atoms with Crippen molar-refractivity contribution in [3.63, 3.8) is 0 Å². The lowest BCUT2D eigenvalue weighted by Gasteiger charge is -2.24. The third kappa shape index (κ3) is 8.24. The molecular formula is C44H55N3O2. The highest BCUT2D eigenvalue weighted by atomic mass is 16.5. The van der Waals surface area contributed by atoms with Gasteiger partial charge in [-0.2, -0.15) is 10.2 Å². The second-order valence-electron chi connectivity index (χ2n) is 16.1. The fourth-order valence-corrected chi connectivity index (χ4v) is 8.51. The molecule has 5 nitrogen and oxygen atoms in total. The number of fused-ring (bicyclic) bond motifs is 1. The second kappa shape index (κ2) is 15.1. The molecule has 4 aliphatic rings. The molecule has 3 aromatic rings. The molecule has 3 fully saturated rings. The molecule has 5 unspecified atom stereocenters. The second-order valence-corrected chi connectivity index (χ2v) is 16.1. The number of aromatic nitrogens is 2. The summed E-state index contributed by atoms with van der Waals surface area (Å²) >= 11 is 0. The number of ether oxygens (including phenoxy) is 1. The van der Waals surface area contributed by atoms with Gasteiger partial charge in [0.05, 0.1) is 17.1 Å². The molecule has 2 aromatic carbocycles. The Kier molecular flexibility index (Phi) is 10.4. The van der Waals surface area contributed by atoms with Crippen LogP contribution in [0.15, 0.2) is 59.6 Å². The first-order valence-corrected chi connectivity index (χ1v) is 19.4. The minimum absolute atomic E-state index is 0.249. The molecule has 258 valence electrons. The van der Waals surface area contributed by atoms with Gasteiger partial charge < -0.3 is 4.74 Å². The first-order chi connectivity index (χ1) is 23.8. The zero-order chi connectivity index (χ0) is 33.9. The van der Waals surface area contributed by atoms with Crippen LogP contribution in [-0.2, 0) is 11.2 Å². The molecule has 1 aromatic heterocycles. The van der Waals surface area contributed by atoms with E-state index in [1.54, 1.807) is 0 Å². The summed E-state index contributed by atoms with van der Waals surface area (Å²) in [7, 11) is 0. The average Bonchev–Trinajstić information content (AvgIpc) is 3.96. The maximum atomic E-state index is 13.4. The van der Waals surface area contributed by atoms with Crippen molar-refractivity contribution in [2.24, 2.45) is 40.5 Å². The van der Waals surface area contributed by atoms with Crippen LogP contribution in [0.1, 0.15) is 127 Å². The fraction of sp³-hybridized carbons (Fsp3) is 0.545. The van der Waals surface area contributed by atoms with Gasteiger partial charge in [0, 0.05) is 41.2 Å². The minimum atomic E-state index is 0.249. The van der Waals surface area contributed by atoms with Crippen LogP contribution in [0, 0.1) is 35.5 Å². The molecule has 5 atom stereocenters. The number of rotatable bonds is 8. The van der Waals surface area contributed by atoms with Crippen molar-refractivity contribution in [1.29, 1.82) is 0 Å². The molecule has 0 amide bonds. The smallest absolute Gasteiger partial charge is 0.136 e. The third-order valence-electron chi connectivity index (χ3n) is 12.0. The highest BCUT2D eigenvalue weighted by molar-refractivity contribution is 5.95. The lowest BCUT2D eigenvalue weighted by molar-refractivity contribution is -0.123. The molecule has 49 heavy (non-hydrogen) atoms. The van der Waals surface area contributed by atoms with Crippen molar-refractivity contribution < 1.29 is 9.53 Å². The van der Waals surface area contributed by atoms with Crippen molar-refractivity contribution in [3.8, 4) is 22.8 Å². The van der Waals surface area contributed by atoms with E-state index in [9.17, 15) is 4.79 Å². The molecule has 5 heteroatoms.